The van der Waals surface area contributed by atoms with Crippen LogP contribution in [0.1, 0.15) is 31.2 Å². The van der Waals surface area contributed by atoms with Gasteiger partial charge in [0.25, 0.3) is 0 Å². The SMILES string of the molecule is CN(C)C[C@@H]1CCCN1.CN(C)C[C@@H]1CCCN1Cc1ccccc1.Cl. The molecule has 1 aromatic rings. The second-order valence-corrected chi connectivity index (χ2v) is 8.07. The molecule has 2 aliphatic rings. The minimum atomic E-state index is 0. The minimum Gasteiger partial charge on any atom is -0.313 e. The zero-order valence-corrected chi connectivity index (χ0v) is 18.0. The van der Waals surface area contributed by atoms with Crippen molar-refractivity contribution in [3.05, 3.63) is 35.9 Å². The number of nitrogens with one attached hydrogen (secondary N) is 1. The lowest BCUT2D eigenvalue weighted by Crippen LogP contribution is -2.37. The molecule has 2 saturated heterocycles. The quantitative estimate of drug-likeness (QED) is 0.816. The Kier molecular flexibility index (Phi) is 11.4. The summed E-state index contributed by atoms with van der Waals surface area (Å²) >= 11 is 0. The van der Waals surface area contributed by atoms with Crippen molar-refractivity contribution in [3.63, 3.8) is 0 Å². The molecule has 0 bridgehead atoms. The third kappa shape index (κ3) is 8.83. The number of rotatable bonds is 6. The Labute approximate surface area is 167 Å². The molecule has 1 aromatic carbocycles. The minimum absolute atomic E-state index is 0. The van der Waals surface area contributed by atoms with E-state index in [2.05, 4.69) is 78.5 Å². The molecule has 2 fully saturated rings. The van der Waals surface area contributed by atoms with Crippen LogP contribution in [-0.2, 0) is 6.54 Å². The van der Waals surface area contributed by atoms with Gasteiger partial charge in [-0.2, -0.15) is 0 Å². The predicted octanol–water partition coefficient (Wildman–Crippen LogP) is 2.93. The molecule has 0 aliphatic carbocycles. The Morgan fingerprint density at radius 2 is 1.65 bits per heavy atom. The van der Waals surface area contributed by atoms with Crippen molar-refractivity contribution < 1.29 is 0 Å². The van der Waals surface area contributed by atoms with E-state index in [0.717, 1.165) is 18.6 Å². The molecule has 5 heteroatoms. The number of benzene rings is 1. The highest BCUT2D eigenvalue weighted by Gasteiger charge is 2.24. The van der Waals surface area contributed by atoms with Crippen LogP contribution in [0.4, 0.5) is 0 Å². The molecule has 0 amide bonds. The van der Waals surface area contributed by atoms with Gasteiger partial charge in [-0.15, -0.1) is 12.4 Å². The molecule has 0 spiro atoms. The third-order valence-electron chi connectivity index (χ3n) is 5.05. The molecule has 2 atom stereocenters. The fourth-order valence-electron chi connectivity index (χ4n) is 3.90. The van der Waals surface area contributed by atoms with Gasteiger partial charge in [0.05, 0.1) is 0 Å². The standard InChI is InChI=1S/C14H22N2.C7H16N2.ClH/c1-15(2)12-14-9-6-10-16(14)11-13-7-4-3-5-8-13;1-9(2)6-7-4-3-5-8-7;/h3-5,7-8,14H,6,9-12H2,1-2H3;7-8H,3-6H2,1-2H3;1H/t14-;7-;/m00./s1. The summed E-state index contributed by atoms with van der Waals surface area (Å²) in [7, 11) is 8.58. The summed E-state index contributed by atoms with van der Waals surface area (Å²) in [5, 5.41) is 3.45. The first-order chi connectivity index (χ1) is 12.0. The first kappa shape index (κ1) is 23.4. The van der Waals surface area contributed by atoms with E-state index in [0.29, 0.717) is 0 Å². The van der Waals surface area contributed by atoms with Crippen LogP contribution in [0, 0.1) is 0 Å². The van der Waals surface area contributed by atoms with Crippen molar-refractivity contribution in [2.75, 3.05) is 54.4 Å². The highest BCUT2D eigenvalue weighted by atomic mass is 35.5. The maximum absolute atomic E-state index is 3.45. The number of halogens is 1. The second kappa shape index (κ2) is 12.7. The van der Waals surface area contributed by atoms with Crippen molar-refractivity contribution >= 4 is 12.4 Å². The van der Waals surface area contributed by atoms with E-state index < -0.39 is 0 Å². The van der Waals surface area contributed by atoms with Gasteiger partial charge in [-0.05, 0) is 72.5 Å². The van der Waals surface area contributed by atoms with Crippen molar-refractivity contribution in [1.82, 2.24) is 20.0 Å². The maximum Gasteiger partial charge on any atom is 0.0237 e. The van der Waals surface area contributed by atoms with Gasteiger partial charge in [-0.25, -0.2) is 0 Å². The smallest absolute Gasteiger partial charge is 0.0237 e. The first-order valence-corrected chi connectivity index (χ1v) is 9.85. The lowest BCUT2D eigenvalue weighted by atomic mass is 10.2. The van der Waals surface area contributed by atoms with Gasteiger partial charge in [0, 0.05) is 31.7 Å². The Balaban J connectivity index is 0.000000290. The van der Waals surface area contributed by atoms with Gasteiger partial charge in [0.15, 0.2) is 0 Å². The van der Waals surface area contributed by atoms with E-state index in [4.69, 9.17) is 0 Å². The molecule has 0 saturated carbocycles. The predicted molar refractivity (Wildman–Crippen MR) is 115 cm³/mol. The number of likely N-dealkylation sites (N-methyl/N-ethyl adjacent to an activating group) is 2. The Hall–Kier alpha value is -0.650. The summed E-state index contributed by atoms with van der Waals surface area (Å²) in [5.41, 5.74) is 1.44. The summed E-state index contributed by atoms with van der Waals surface area (Å²) in [4.78, 5) is 7.16. The Morgan fingerprint density at radius 3 is 2.23 bits per heavy atom. The third-order valence-corrected chi connectivity index (χ3v) is 5.05. The fraction of sp³-hybridized carbons (Fsp3) is 0.714. The van der Waals surface area contributed by atoms with Gasteiger partial charge in [-0.3, -0.25) is 4.90 Å². The van der Waals surface area contributed by atoms with E-state index in [1.807, 2.05) is 0 Å². The van der Waals surface area contributed by atoms with Crippen molar-refractivity contribution in [2.45, 2.75) is 44.3 Å². The number of nitrogens with zero attached hydrogens (tertiary/aromatic N) is 3. The van der Waals surface area contributed by atoms with Gasteiger partial charge in [-0.1, -0.05) is 30.3 Å². The molecule has 26 heavy (non-hydrogen) atoms. The van der Waals surface area contributed by atoms with Crippen molar-refractivity contribution in [3.8, 4) is 0 Å². The largest absolute Gasteiger partial charge is 0.313 e. The van der Waals surface area contributed by atoms with Crippen LogP contribution >= 0.6 is 12.4 Å². The number of hydrogen-bond donors (Lipinski definition) is 1. The van der Waals surface area contributed by atoms with Crippen molar-refractivity contribution in [1.29, 1.82) is 0 Å². The molecule has 1 N–H and O–H groups in total. The van der Waals surface area contributed by atoms with Crippen LogP contribution in [0.5, 0.6) is 0 Å². The lowest BCUT2D eigenvalue weighted by Gasteiger charge is -2.27. The van der Waals surface area contributed by atoms with Crippen LogP contribution in [-0.4, -0.2) is 81.2 Å². The average molecular weight is 383 g/mol. The van der Waals surface area contributed by atoms with Crippen LogP contribution in [0.2, 0.25) is 0 Å². The Bertz CT molecular complexity index is 460. The van der Waals surface area contributed by atoms with Crippen LogP contribution in [0.25, 0.3) is 0 Å². The highest BCUT2D eigenvalue weighted by molar-refractivity contribution is 5.85. The summed E-state index contributed by atoms with van der Waals surface area (Å²) in [6.07, 6.45) is 5.42. The van der Waals surface area contributed by atoms with Gasteiger partial charge < -0.3 is 15.1 Å². The fourth-order valence-corrected chi connectivity index (χ4v) is 3.90. The molecular weight excluding hydrogens is 344 g/mol. The summed E-state index contributed by atoms with van der Waals surface area (Å²) in [5.74, 6) is 0. The van der Waals surface area contributed by atoms with Crippen molar-refractivity contribution in [2.24, 2.45) is 0 Å². The van der Waals surface area contributed by atoms with Gasteiger partial charge in [0.1, 0.15) is 0 Å². The van der Waals surface area contributed by atoms with Crippen LogP contribution < -0.4 is 5.32 Å². The van der Waals surface area contributed by atoms with Crippen LogP contribution in [0.3, 0.4) is 0 Å². The molecule has 150 valence electrons. The van der Waals surface area contributed by atoms with Crippen LogP contribution in [0.15, 0.2) is 30.3 Å². The molecule has 2 aliphatic heterocycles. The number of likely N-dealkylation sites (tertiary alicyclic amines) is 1. The molecular formula is C21H39ClN4. The van der Waals surface area contributed by atoms with Gasteiger partial charge in [0.2, 0.25) is 0 Å². The molecule has 3 rings (SSSR count). The zero-order chi connectivity index (χ0) is 18.1. The maximum atomic E-state index is 3.45. The molecule has 4 nitrogen and oxygen atoms in total. The van der Waals surface area contributed by atoms with E-state index >= 15 is 0 Å². The summed E-state index contributed by atoms with van der Waals surface area (Å²) in [6, 6.07) is 12.3. The van der Waals surface area contributed by atoms with E-state index in [9.17, 15) is 0 Å². The Morgan fingerprint density at radius 1 is 0.962 bits per heavy atom. The molecule has 0 aromatic heterocycles. The lowest BCUT2D eigenvalue weighted by molar-refractivity contribution is 0.201. The first-order valence-electron chi connectivity index (χ1n) is 9.85. The van der Waals surface area contributed by atoms with E-state index in [1.165, 1.54) is 57.4 Å². The summed E-state index contributed by atoms with van der Waals surface area (Å²) < 4.78 is 0. The molecule has 0 radical (unpaired) electrons. The average Bonchev–Trinajstić information content (AvgIpc) is 3.21. The zero-order valence-electron chi connectivity index (χ0n) is 17.2. The van der Waals surface area contributed by atoms with Gasteiger partial charge >= 0.3 is 0 Å². The molecule has 0 unspecified atom stereocenters. The number of hydrogen-bond acceptors (Lipinski definition) is 4. The topological polar surface area (TPSA) is 21.8 Å². The second-order valence-electron chi connectivity index (χ2n) is 8.07. The normalized spacial score (nSPS) is 23.0. The van der Waals surface area contributed by atoms with E-state index in [-0.39, 0.29) is 12.4 Å². The monoisotopic (exact) mass is 382 g/mol. The molecule has 2 heterocycles. The summed E-state index contributed by atoms with van der Waals surface area (Å²) in [6.45, 7) is 5.97. The van der Waals surface area contributed by atoms with E-state index in [1.54, 1.807) is 0 Å². The highest BCUT2D eigenvalue weighted by Crippen LogP contribution is 2.20.